The number of carbonyl (C=O) groups is 21. The predicted octanol–water partition coefficient (Wildman–Crippen LogP) is -17.8. The Morgan fingerprint density at radius 3 is 0.706 bits per heavy atom. The van der Waals surface area contributed by atoms with Gasteiger partial charge in [-0.25, -0.2) is 4.79 Å². The van der Waals surface area contributed by atoms with Gasteiger partial charge < -0.3 is 120 Å². The van der Waals surface area contributed by atoms with E-state index in [1.807, 2.05) is 47.9 Å². The second kappa shape index (κ2) is 37.7. The van der Waals surface area contributed by atoms with E-state index in [2.05, 4.69) is 21.3 Å². The van der Waals surface area contributed by atoms with E-state index in [9.17, 15) is 106 Å². The van der Waals surface area contributed by atoms with Crippen LogP contribution in [0.3, 0.4) is 0 Å². The molecule has 0 aromatic rings. The van der Waals surface area contributed by atoms with Crippen molar-refractivity contribution in [3.8, 4) is 0 Å². The van der Waals surface area contributed by atoms with Gasteiger partial charge in [0, 0.05) is 0 Å². The van der Waals surface area contributed by atoms with Crippen LogP contribution in [0.2, 0.25) is 0 Å². The lowest BCUT2D eigenvalue weighted by Crippen LogP contribution is -2.59. The van der Waals surface area contributed by atoms with Crippen LogP contribution in [0, 0.1) is 0 Å². The zero-order chi connectivity index (χ0) is 65.3. The Labute approximate surface area is 477 Å². The number of nitrogens with one attached hydrogen (secondary N) is 13. The van der Waals surface area contributed by atoms with Gasteiger partial charge in [0.05, 0.1) is 96.8 Å². The molecule has 0 aliphatic heterocycles. The fourth-order valence-electron chi connectivity index (χ4n) is 6.14. The number of aliphatic carboxylic acids is 1. The maximum absolute atomic E-state index is 13.4. The molecule has 43 nitrogen and oxygen atoms in total. The lowest BCUT2D eigenvalue weighted by atomic mass is 10.1. The molecule has 30 N–H and O–H groups in total. The second-order valence-corrected chi connectivity index (χ2v) is 17.4. The number of carboxylic acid groups (broad SMARTS) is 1. The quantitative estimate of drug-likeness (QED) is 0.0270. The number of nitrogens with two attached hydrogens (primary N) is 8. The number of carbonyl (C=O) groups excluding carboxylic acids is 20. The standard InChI is InChI=1S/C42H65N21O22/c43-15(1-22(44)64)36(78)60-16(2-23(45)65)37(79)56-11-32(74)52-8-29(71)51-9-30(72)54-13-34(76)58-18(4-25(47)67)39(81)62-20(6-27(49)69)41(83)61-17(3-24(46)66)38(80)57-12-33(75)53-10-31(73)55-14-35(77)59-19(5-26(48)68)40(82)63-21(42(84)85)7-28(50)70/h15-21H,1-14,43H2,(H2,44,64)(H2,45,65)(H2,46,66)(H2,47,67)(H2,48,68)(H2,49,69)(H2,50,70)(H,51,71)(H,52,74)(H,53,75)(H,54,72)(H,55,73)(H,56,79)(H,57,80)(H,58,76)(H,59,77)(H,60,78)(H,61,83)(H,62,81)(H,63,82)(H,84,85)/t15-,16-,17-,18-,19-,20-,21-/m0/s1. The molecule has 0 saturated heterocycles. The predicted molar refractivity (Wildman–Crippen MR) is 275 cm³/mol. The van der Waals surface area contributed by atoms with Crippen LogP contribution < -0.4 is 115 Å². The summed E-state index contributed by atoms with van der Waals surface area (Å²) in [7, 11) is 0. The van der Waals surface area contributed by atoms with E-state index < -0.39 is 257 Å². The number of primary amides is 7. The Balaban J connectivity index is 5.42. The van der Waals surface area contributed by atoms with Gasteiger partial charge >= 0.3 is 5.97 Å². The van der Waals surface area contributed by atoms with Crippen molar-refractivity contribution in [1.29, 1.82) is 0 Å². The van der Waals surface area contributed by atoms with Crippen LogP contribution >= 0.6 is 0 Å². The maximum atomic E-state index is 13.4. The average molecular weight is 1220 g/mol. The van der Waals surface area contributed by atoms with E-state index in [1.165, 1.54) is 0 Å². The number of amides is 20. The molecule has 0 aromatic heterocycles. The minimum Gasteiger partial charge on any atom is -0.480 e. The molecule has 0 aliphatic rings. The molecular weight excluding hydrogens is 1150 g/mol. The summed E-state index contributed by atoms with van der Waals surface area (Å²) in [5.74, 6) is -24.7. The van der Waals surface area contributed by atoms with E-state index in [1.54, 1.807) is 0 Å². The Kier molecular flexibility index (Phi) is 32.8. The lowest BCUT2D eigenvalue weighted by molar-refractivity contribution is -0.144. The van der Waals surface area contributed by atoms with Gasteiger partial charge in [0.15, 0.2) is 0 Å². The smallest absolute Gasteiger partial charge is 0.326 e. The van der Waals surface area contributed by atoms with Crippen molar-refractivity contribution >= 4 is 124 Å². The van der Waals surface area contributed by atoms with Crippen molar-refractivity contribution in [1.82, 2.24) is 69.1 Å². The lowest BCUT2D eigenvalue weighted by Gasteiger charge is -2.24. The molecule has 7 atom stereocenters. The van der Waals surface area contributed by atoms with Gasteiger partial charge in [-0.15, -0.1) is 0 Å². The molecule has 0 aliphatic carbocycles. The monoisotopic (exact) mass is 1220 g/mol. The van der Waals surface area contributed by atoms with Gasteiger partial charge in [-0.05, 0) is 0 Å². The molecule has 0 unspecified atom stereocenters. The normalized spacial score (nSPS) is 12.8. The Morgan fingerprint density at radius 2 is 0.447 bits per heavy atom. The summed E-state index contributed by atoms with van der Waals surface area (Å²) in [4.78, 5) is 256. The van der Waals surface area contributed by atoms with E-state index in [-0.39, 0.29) is 0 Å². The molecule has 0 radical (unpaired) electrons. The third-order valence-electron chi connectivity index (χ3n) is 10.1. The van der Waals surface area contributed by atoms with Crippen molar-refractivity contribution in [3.63, 3.8) is 0 Å². The second-order valence-electron chi connectivity index (χ2n) is 17.4. The van der Waals surface area contributed by atoms with Crippen LogP contribution in [-0.2, 0) is 101 Å². The summed E-state index contributed by atoms with van der Waals surface area (Å²) in [6, 6.07) is -12.7. The first-order chi connectivity index (χ1) is 39.5. The highest BCUT2D eigenvalue weighted by atomic mass is 16.4. The molecule has 0 saturated carbocycles. The van der Waals surface area contributed by atoms with Crippen LogP contribution in [0.5, 0.6) is 0 Å². The first-order valence-electron chi connectivity index (χ1n) is 24.1. The fraction of sp³-hybridized carbons (Fsp3) is 0.500. The number of carboxylic acids is 1. The van der Waals surface area contributed by atoms with E-state index in [4.69, 9.17) is 45.9 Å². The molecule has 85 heavy (non-hydrogen) atoms. The molecule has 0 fully saturated rings. The molecule has 0 bridgehead atoms. The number of rotatable bonds is 41. The van der Waals surface area contributed by atoms with Crippen LogP contribution in [-0.4, -0.2) is 217 Å². The van der Waals surface area contributed by atoms with Crippen molar-refractivity contribution in [2.45, 2.75) is 87.2 Å². The summed E-state index contributed by atoms with van der Waals surface area (Å²) in [6.07, 6.45) is -6.09. The Hall–Kier alpha value is -11.2. The molecule has 20 amide bonds. The topological polar surface area (TPSA) is 743 Å². The molecule has 0 heterocycles. The molecular formula is C42H65N21O22. The summed E-state index contributed by atoms with van der Waals surface area (Å²) >= 11 is 0. The highest BCUT2D eigenvalue weighted by Gasteiger charge is 2.34. The summed E-state index contributed by atoms with van der Waals surface area (Å²) in [6.45, 7) is -6.13. The Morgan fingerprint density at radius 1 is 0.247 bits per heavy atom. The SMILES string of the molecule is NC(=O)C[C@H](NC(=O)[C@H](CC(N)=O)NC(=O)CNC(=O)CNC(=O)CNC(=O)[C@H](CC(N)=O)NC(=O)[C@H](CC(N)=O)NC(=O)[C@H](CC(N)=O)NC(=O)CNC(=O)CNC(=O)CNC(=O)CNC(=O)[C@H](CC(N)=O)NC(=O)[C@@H](N)CC(N)=O)C(=O)O. The molecule has 0 rings (SSSR count). The third-order valence-corrected chi connectivity index (χ3v) is 10.1. The summed E-state index contributed by atoms with van der Waals surface area (Å²) < 4.78 is 0. The van der Waals surface area contributed by atoms with Gasteiger partial charge in [0.2, 0.25) is 118 Å². The van der Waals surface area contributed by atoms with Gasteiger partial charge in [0.1, 0.15) is 36.3 Å². The van der Waals surface area contributed by atoms with Gasteiger partial charge in [-0.1, -0.05) is 0 Å². The first-order valence-corrected chi connectivity index (χ1v) is 24.1. The van der Waals surface area contributed by atoms with Gasteiger partial charge in [0.25, 0.3) is 0 Å². The van der Waals surface area contributed by atoms with Crippen molar-refractivity contribution in [3.05, 3.63) is 0 Å². The van der Waals surface area contributed by atoms with Crippen LogP contribution in [0.25, 0.3) is 0 Å². The Bertz CT molecular complexity index is 2630. The highest BCUT2D eigenvalue weighted by molar-refractivity contribution is 6.01. The zero-order valence-corrected chi connectivity index (χ0v) is 44.6. The highest BCUT2D eigenvalue weighted by Crippen LogP contribution is 2.02. The van der Waals surface area contributed by atoms with E-state index in [0.29, 0.717) is 0 Å². The van der Waals surface area contributed by atoms with E-state index in [0.717, 1.165) is 0 Å². The first kappa shape index (κ1) is 73.8. The molecule has 0 aromatic carbocycles. The van der Waals surface area contributed by atoms with Crippen molar-refractivity contribution in [2.75, 3.05) is 45.8 Å². The van der Waals surface area contributed by atoms with E-state index >= 15 is 0 Å². The molecule has 470 valence electrons. The minimum atomic E-state index is -2.04. The summed E-state index contributed by atoms with van der Waals surface area (Å²) in [5, 5.41) is 35.5. The van der Waals surface area contributed by atoms with Crippen molar-refractivity contribution in [2.24, 2.45) is 45.9 Å². The number of hydrogen-bond donors (Lipinski definition) is 22. The van der Waals surface area contributed by atoms with Gasteiger partial charge in [-0.2, -0.15) is 0 Å². The zero-order valence-electron chi connectivity index (χ0n) is 44.6. The number of hydrogen-bond acceptors (Lipinski definition) is 22. The van der Waals surface area contributed by atoms with Crippen molar-refractivity contribution < 1.29 is 106 Å². The van der Waals surface area contributed by atoms with Crippen LogP contribution in [0.15, 0.2) is 0 Å². The summed E-state index contributed by atoms with van der Waals surface area (Å²) in [5.41, 5.74) is 41.2. The minimum absolute atomic E-state index is 0.607. The maximum Gasteiger partial charge on any atom is 0.326 e. The third kappa shape index (κ3) is 33.9. The fourth-order valence-corrected chi connectivity index (χ4v) is 6.14. The average Bonchev–Trinajstić information content (AvgIpc) is 3.50. The largest absolute Gasteiger partial charge is 0.480 e. The van der Waals surface area contributed by atoms with Gasteiger partial charge in [-0.3, -0.25) is 95.9 Å². The molecule has 43 heteroatoms. The molecule has 0 spiro atoms. The van der Waals surface area contributed by atoms with Crippen LogP contribution in [0.4, 0.5) is 0 Å². The van der Waals surface area contributed by atoms with Crippen LogP contribution in [0.1, 0.15) is 44.9 Å².